The molecule has 0 aliphatic heterocycles. The maximum absolute atomic E-state index is 5.75. The second kappa shape index (κ2) is 2.23. The molecule has 0 fully saturated rings. The fourth-order valence-corrected chi connectivity index (χ4v) is 1.46. The summed E-state index contributed by atoms with van der Waals surface area (Å²) >= 11 is 0. The van der Waals surface area contributed by atoms with Crippen LogP contribution in [0.5, 0.6) is 0 Å². The molecule has 1 heterocycles. The quantitative estimate of drug-likeness (QED) is 0.553. The number of hydrogen-bond donors (Lipinski definition) is 2. The number of nitrogens with zero attached hydrogens (tertiary/aromatic N) is 1. The molecule has 0 saturated carbocycles. The van der Waals surface area contributed by atoms with Gasteiger partial charge in [-0.15, -0.1) is 0 Å². The van der Waals surface area contributed by atoms with Gasteiger partial charge in [-0.25, -0.2) is 0 Å². The summed E-state index contributed by atoms with van der Waals surface area (Å²) in [5, 5.41) is 3.84. The zero-order chi connectivity index (χ0) is 7.84. The van der Waals surface area contributed by atoms with Crippen LogP contribution in [0, 0.1) is 0 Å². The van der Waals surface area contributed by atoms with Gasteiger partial charge in [0.1, 0.15) is 0 Å². The molecule has 0 saturated heterocycles. The first-order valence-corrected chi connectivity index (χ1v) is 3.76. The lowest BCUT2D eigenvalue weighted by atomic mass is 9.94. The number of hydrogen-bond acceptors (Lipinski definition) is 4. The molecule has 1 unspecified atom stereocenters. The molecule has 1 aliphatic rings. The number of rotatable bonds is 0. The number of nitrogens with two attached hydrogens (primary N) is 2. The zero-order valence-electron chi connectivity index (χ0n) is 6.21. The van der Waals surface area contributed by atoms with Gasteiger partial charge in [0.25, 0.3) is 0 Å². The van der Waals surface area contributed by atoms with E-state index < -0.39 is 0 Å². The maximum Gasteiger partial charge on any atom is 0.225 e. The van der Waals surface area contributed by atoms with E-state index in [1.165, 1.54) is 0 Å². The highest BCUT2D eigenvalue weighted by atomic mass is 16.5. The van der Waals surface area contributed by atoms with Crippen molar-refractivity contribution >= 4 is 5.88 Å². The molecule has 1 aliphatic carbocycles. The SMILES string of the molecule is Nc1onc2c1CC(N)CC2. The van der Waals surface area contributed by atoms with Gasteiger partial charge < -0.3 is 16.0 Å². The molecule has 4 N–H and O–H groups in total. The predicted molar refractivity (Wildman–Crippen MR) is 40.9 cm³/mol. The van der Waals surface area contributed by atoms with Gasteiger partial charge in [0, 0.05) is 11.6 Å². The van der Waals surface area contributed by atoms with Gasteiger partial charge in [-0.3, -0.25) is 0 Å². The Morgan fingerprint density at radius 3 is 3.18 bits per heavy atom. The van der Waals surface area contributed by atoms with Crippen molar-refractivity contribution in [3.05, 3.63) is 11.3 Å². The molecule has 0 bridgehead atoms. The van der Waals surface area contributed by atoms with Crippen LogP contribution in [0.2, 0.25) is 0 Å². The summed E-state index contributed by atoms with van der Waals surface area (Å²) in [5.41, 5.74) is 13.3. The smallest absolute Gasteiger partial charge is 0.225 e. The van der Waals surface area contributed by atoms with Gasteiger partial charge in [0.2, 0.25) is 5.88 Å². The minimum absolute atomic E-state index is 0.226. The fraction of sp³-hybridized carbons (Fsp3) is 0.571. The Hall–Kier alpha value is -1.03. The Morgan fingerprint density at radius 2 is 2.36 bits per heavy atom. The lowest BCUT2D eigenvalue weighted by Gasteiger charge is -2.15. The van der Waals surface area contributed by atoms with E-state index in [-0.39, 0.29) is 6.04 Å². The molecule has 1 aromatic rings. The molecule has 0 amide bonds. The van der Waals surface area contributed by atoms with Crippen LogP contribution in [-0.4, -0.2) is 11.2 Å². The van der Waals surface area contributed by atoms with Crippen LogP contribution in [0.3, 0.4) is 0 Å². The van der Waals surface area contributed by atoms with Gasteiger partial charge in [-0.2, -0.15) is 0 Å². The molecule has 11 heavy (non-hydrogen) atoms. The fourth-order valence-electron chi connectivity index (χ4n) is 1.46. The van der Waals surface area contributed by atoms with Gasteiger partial charge in [-0.05, 0) is 19.3 Å². The van der Waals surface area contributed by atoms with Crippen LogP contribution >= 0.6 is 0 Å². The molecule has 1 aromatic heterocycles. The summed E-state index contributed by atoms with van der Waals surface area (Å²) in [6.45, 7) is 0. The summed E-state index contributed by atoms with van der Waals surface area (Å²) in [6, 6.07) is 0.226. The molecular formula is C7H11N3O. The Labute approximate surface area is 64.5 Å². The summed E-state index contributed by atoms with van der Waals surface area (Å²) in [6.07, 6.45) is 2.70. The van der Waals surface area contributed by atoms with E-state index in [9.17, 15) is 0 Å². The van der Waals surface area contributed by atoms with Crippen LogP contribution in [0.25, 0.3) is 0 Å². The van der Waals surface area contributed by atoms with Gasteiger partial charge >= 0.3 is 0 Å². The van der Waals surface area contributed by atoms with Crippen LogP contribution in [-0.2, 0) is 12.8 Å². The number of aryl methyl sites for hydroxylation is 1. The highest BCUT2D eigenvalue weighted by Gasteiger charge is 2.21. The topological polar surface area (TPSA) is 78.1 Å². The van der Waals surface area contributed by atoms with Crippen LogP contribution in [0.4, 0.5) is 5.88 Å². The molecule has 2 rings (SSSR count). The van der Waals surface area contributed by atoms with Crippen LogP contribution in [0.1, 0.15) is 17.7 Å². The number of fused-ring (bicyclic) bond motifs is 1. The van der Waals surface area contributed by atoms with Crippen molar-refractivity contribution in [2.45, 2.75) is 25.3 Å². The third kappa shape index (κ3) is 0.991. The summed E-state index contributed by atoms with van der Waals surface area (Å²) < 4.78 is 4.84. The lowest BCUT2D eigenvalue weighted by Crippen LogP contribution is -2.27. The van der Waals surface area contributed by atoms with Crippen molar-refractivity contribution in [2.24, 2.45) is 5.73 Å². The second-order valence-electron chi connectivity index (χ2n) is 2.97. The first-order chi connectivity index (χ1) is 5.27. The first-order valence-electron chi connectivity index (χ1n) is 3.76. The lowest BCUT2D eigenvalue weighted by molar-refractivity contribution is 0.426. The molecule has 1 atom stereocenters. The number of aromatic nitrogens is 1. The van der Waals surface area contributed by atoms with Crippen molar-refractivity contribution in [1.82, 2.24) is 5.16 Å². The van der Waals surface area contributed by atoms with E-state index in [1.54, 1.807) is 0 Å². The Bertz CT molecular complexity index is 269. The van der Waals surface area contributed by atoms with Crippen molar-refractivity contribution in [2.75, 3.05) is 5.73 Å². The van der Waals surface area contributed by atoms with Crippen molar-refractivity contribution in [3.63, 3.8) is 0 Å². The summed E-state index contributed by atoms with van der Waals surface area (Å²) in [7, 11) is 0. The minimum Gasteiger partial charge on any atom is -0.367 e. The van der Waals surface area contributed by atoms with E-state index in [0.29, 0.717) is 5.88 Å². The van der Waals surface area contributed by atoms with Crippen molar-refractivity contribution < 1.29 is 4.52 Å². The average Bonchev–Trinajstić information content (AvgIpc) is 2.33. The predicted octanol–water partition coefficient (Wildman–Crippen LogP) is 0.0728. The molecular weight excluding hydrogens is 142 g/mol. The van der Waals surface area contributed by atoms with Crippen molar-refractivity contribution in [3.8, 4) is 0 Å². The van der Waals surface area contributed by atoms with E-state index in [2.05, 4.69) is 5.16 Å². The molecule has 0 aromatic carbocycles. The first kappa shape index (κ1) is 6.67. The molecule has 4 heteroatoms. The van der Waals surface area contributed by atoms with Crippen LogP contribution < -0.4 is 11.5 Å². The Kier molecular flexibility index (Phi) is 1.35. The highest BCUT2D eigenvalue weighted by molar-refractivity contribution is 5.40. The standard InChI is InChI=1S/C7H11N3O/c8-4-1-2-6-5(3-4)7(9)11-10-6/h4H,1-3,8-9H2. The Morgan fingerprint density at radius 1 is 1.55 bits per heavy atom. The maximum atomic E-state index is 5.75. The molecule has 4 nitrogen and oxygen atoms in total. The highest BCUT2D eigenvalue weighted by Crippen LogP contribution is 2.24. The largest absolute Gasteiger partial charge is 0.367 e. The third-order valence-electron chi connectivity index (χ3n) is 2.12. The van der Waals surface area contributed by atoms with Gasteiger partial charge in [-0.1, -0.05) is 5.16 Å². The van der Waals surface area contributed by atoms with Crippen molar-refractivity contribution in [1.29, 1.82) is 0 Å². The normalized spacial score (nSPS) is 23.2. The summed E-state index contributed by atoms with van der Waals surface area (Å²) in [4.78, 5) is 0. The molecule has 0 radical (unpaired) electrons. The van der Waals surface area contributed by atoms with E-state index in [1.807, 2.05) is 0 Å². The molecule has 60 valence electrons. The third-order valence-corrected chi connectivity index (χ3v) is 2.12. The van der Waals surface area contributed by atoms with E-state index in [4.69, 9.17) is 16.0 Å². The van der Waals surface area contributed by atoms with E-state index >= 15 is 0 Å². The summed E-state index contributed by atoms with van der Waals surface area (Å²) in [5.74, 6) is 0.440. The number of anilines is 1. The zero-order valence-corrected chi connectivity index (χ0v) is 6.21. The molecule has 0 spiro atoms. The average molecular weight is 153 g/mol. The van der Waals surface area contributed by atoms with E-state index in [0.717, 1.165) is 30.5 Å². The Balaban J connectivity index is 2.37. The second-order valence-corrected chi connectivity index (χ2v) is 2.97. The monoisotopic (exact) mass is 153 g/mol. The van der Waals surface area contributed by atoms with Gasteiger partial charge in [0.15, 0.2) is 0 Å². The minimum atomic E-state index is 0.226. The van der Waals surface area contributed by atoms with Gasteiger partial charge in [0.05, 0.1) is 5.69 Å². The van der Waals surface area contributed by atoms with Crippen LogP contribution in [0.15, 0.2) is 4.52 Å². The number of nitrogen functional groups attached to an aromatic ring is 1.